The van der Waals surface area contributed by atoms with Gasteiger partial charge >= 0.3 is 0 Å². The minimum absolute atomic E-state index is 0.0320. The summed E-state index contributed by atoms with van der Waals surface area (Å²) in [7, 11) is 0. The highest BCUT2D eigenvalue weighted by atomic mass is 19.1. The van der Waals surface area contributed by atoms with Crippen molar-refractivity contribution in [3.05, 3.63) is 11.4 Å². The van der Waals surface area contributed by atoms with Crippen LogP contribution in [0.25, 0.3) is 0 Å². The van der Waals surface area contributed by atoms with E-state index in [2.05, 4.69) is 44.5 Å². The van der Waals surface area contributed by atoms with Gasteiger partial charge in [0.15, 0.2) is 12.6 Å². The highest BCUT2D eigenvalue weighted by Gasteiger charge is 2.48. The number of aliphatic hydroxyl groups is 1. The van der Waals surface area contributed by atoms with E-state index in [0.717, 1.165) is 70.2 Å². The third-order valence-corrected chi connectivity index (χ3v) is 8.34. The van der Waals surface area contributed by atoms with Crippen molar-refractivity contribution < 1.29 is 28.4 Å². The Morgan fingerprint density at radius 3 is 2.46 bits per heavy atom. The van der Waals surface area contributed by atoms with Crippen molar-refractivity contribution >= 4 is 0 Å². The Bertz CT molecular complexity index is 894. The van der Waals surface area contributed by atoms with E-state index in [1.165, 1.54) is 0 Å². The summed E-state index contributed by atoms with van der Waals surface area (Å²) in [6.45, 7) is 7.31. The van der Waals surface area contributed by atoms with Gasteiger partial charge in [-0.2, -0.15) is 0 Å². The SMILES string of the molecule is CCC#CCC(C)(C)[C@@H](C#C[C@@H]1[C@H]2C/C(=C(\F)CO)C[C@H]2C[C@H]1OC1CCCCO1)OC1CCCCO1. The van der Waals surface area contributed by atoms with Crippen molar-refractivity contribution in [1.29, 1.82) is 0 Å². The Hall–Kier alpha value is -1.41. The van der Waals surface area contributed by atoms with Crippen LogP contribution in [0.1, 0.15) is 91.4 Å². The second-order valence-electron chi connectivity index (χ2n) is 11.7. The van der Waals surface area contributed by atoms with Gasteiger partial charge in [0, 0.05) is 31.5 Å². The predicted molar refractivity (Wildman–Crippen MR) is 141 cm³/mol. The molecule has 4 rings (SSSR count). The zero-order chi connectivity index (χ0) is 26.3. The number of hydrogen-bond donors (Lipinski definition) is 1. The molecular formula is C31H45FO5. The standard InChI is InChI=1S/C31H45FO5/c1-4-5-8-15-31(2,3)28(37-30-12-7-10-17-35-30)14-13-24-25-19-23(26(32)21-33)18-22(25)20-27(24)36-29-11-6-9-16-34-29/h22,24-25,27-30,33H,4,6-7,9-12,15-21H2,1-3H3/b26-23-/t22-,24+,25-,27+,28+,29?,30?/m0/s1. The van der Waals surface area contributed by atoms with Crippen molar-refractivity contribution in [1.82, 2.24) is 0 Å². The topological polar surface area (TPSA) is 57.2 Å². The molecule has 5 nitrogen and oxygen atoms in total. The van der Waals surface area contributed by atoms with E-state index in [0.29, 0.717) is 25.2 Å². The number of aliphatic hydroxyl groups excluding tert-OH is 1. The highest BCUT2D eigenvalue weighted by molar-refractivity contribution is 5.24. The first-order valence-corrected chi connectivity index (χ1v) is 14.4. The van der Waals surface area contributed by atoms with Crippen molar-refractivity contribution in [2.75, 3.05) is 19.8 Å². The van der Waals surface area contributed by atoms with Gasteiger partial charge in [-0.3, -0.25) is 0 Å². The van der Waals surface area contributed by atoms with Crippen LogP contribution in [0, 0.1) is 46.9 Å². The van der Waals surface area contributed by atoms with Crippen LogP contribution in [-0.4, -0.2) is 49.7 Å². The van der Waals surface area contributed by atoms with E-state index in [4.69, 9.17) is 18.9 Å². The van der Waals surface area contributed by atoms with E-state index >= 15 is 0 Å². The van der Waals surface area contributed by atoms with E-state index < -0.39 is 6.61 Å². The first-order valence-electron chi connectivity index (χ1n) is 14.4. The largest absolute Gasteiger partial charge is 0.389 e. The lowest BCUT2D eigenvalue weighted by Gasteiger charge is -2.34. The van der Waals surface area contributed by atoms with Crippen LogP contribution in [0.2, 0.25) is 0 Å². The number of hydrogen-bond acceptors (Lipinski definition) is 5. The molecule has 4 aliphatic rings. The average molecular weight is 517 g/mol. The lowest BCUT2D eigenvalue weighted by molar-refractivity contribution is -0.194. The zero-order valence-electron chi connectivity index (χ0n) is 22.9. The van der Waals surface area contributed by atoms with Crippen LogP contribution in [0.4, 0.5) is 4.39 Å². The van der Waals surface area contributed by atoms with Gasteiger partial charge in [-0.05, 0) is 75.2 Å². The molecule has 7 atom stereocenters. The van der Waals surface area contributed by atoms with Crippen LogP contribution in [0.3, 0.4) is 0 Å². The summed E-state index contributed by atoms with van der Waals surface area (Å²) >= 11 is 0. The minimum atomic E-state index is -0.523. The van der Waals surface area contributed by atoms with E-state index in [1.54, 1.807) is 0 Å². The maximum absolute atomic E-state index is 14.3. The Kier molecular flexibility index (Phi) is 10.5. The van der Waals surface area contributed by atoms with Crippen LogP contribution in [0.15, 0.2) is 11.4 Å². The third kappa shape index (κ3) is 7.59. The molecule has 0 aromatic heterocycles. The number of rotatable bonds is 7. The molecule has 0 aromatic rings. The molecule has 2 saturated carbocycles. The van der Waals surface area contributed by atoms with E-state index in [9.17, 15) is 9.50 Å². The molecular weight excluding hydrogens is 471 g/mol. The Labute approximate surface area is 222 Å². The van der Waals surface area contributed by atoms with Gasteiger partial charge in [-0.1, -0.05) is 32.6 Å². The van der Waals surface area contributed by atoms with Gasteiger partial charge in [-0.25, -0.2) is 4.39 Å². The summed E-state index contributed by atoms with van der Waals surface area (Å²) in [6.07, 6.45) is 8.98. The summed E-state index contributed by atoms with van der Waals surface area (Å²) in [5, 5.41) is 9.36. The molecule has 0 amide bonds. The van der Waals surface area contributed by atoms with Crippen molar-refractivity contribution in [3.8, 4) is 23.7 Å². The Morgan fingerprint density at radius 2 is 1.81 bits per heavy atom. The first-order chi connectivity index (χ1) is 17.9. The van der Waals surface area contributed by atoms with Crippen molar-refractivity contribution in [2.24, 2.45) is 23.2 Å². The van der Waals surface area contributed by atoms with Crippen LogP contribution in [0.5, 0.6) is 0 Å². The van der Waals surface area contributed by atoms with Gasteiger partial charge in [0.05, 0.1) is 18.6 Å². The molecule has 37 heavy (non-hydrogen) atoms. The molecule has 2 aliphatic heterocycles. The molecule has 6 heteroatoms. The second kappa shape index (κ2) is 13.6. The van der Waals surface area contributed by atoms with Crippen molar-refractivity contribution in [3.63, 3.8) is 0 Å². The van der Waals surface area contributed by atoms with Gasteiger partial charge < -0.3 is 24.1 Å². The first kappa shape index (κ1) is 28.6. The maximum atomic E-state index is 14.3. The molecule has 0 spiro atoms. The quantitative estimate of drug-likeness (QED) is 0.427. The number of allylic oxidation sites excluding steroid dienone is 1. The summed E-state index contributed by atoms with van der Waals surface area (Å²) in [4.78, 5) is 0. The molecule has 2 heterocycles. The monoisotopic (exact) mass is 516 g/mol. The molecule has 2 unspecified atom stereocenters. The minimum Gasteiger partial charge on any atom is -0.389 e. The van der Waals surface area contributed by atoms with E-state index in [-0.39, 0.29) is 47.9 Å². The molecule has 1 N–H and O–H groups in total. The molecule has 0 radical (unpaired) electrons. The fourth-order valence-corrected chi connectivity index (χ4v) is 6.15. The summed E-state index contributed by atoms with van der Waals surface area (Å²) in [5.41, 5.74) is 0.468. The number of fused-ring (bicyclic) bond motifs is 1. The molecule has 206 valence electrons. The van der Waals surface area contributed by atoms with Gasteiger partial charge in [-0.15, -0.1) is 11.8 Å². The Balaban J connectivity index is 1.57. The van der Waals surface area contributed by atoms with Crippen molar-refractivity contribution in [2.45, 2.75) is 116 Å². The lowest BCUT2D eigenvalue weighted by Crippen LogP contribution is -2.37. The zero-order valence-corrected chi connectivity index (χ0v) is 22.9. The van der Waals surface area contributed by atoms with Crippen LogP contribution < -0.4 is 0 Å². The fourth-order valence-electron chi connectivity index (χ4n) is 6.15. The smallest absolute Gasteiger partial charge is 0.159 e. The average Bonchev–Trinajstić information content (AvgIpc) is 3.45. The number of halogens is 1. The van der Waals surface area contributed by atoms with Crippen LogP contribution in [-0.2, 0) is 18.9 Å². The van der Waals surface area contributed by atoms with Crippen LogP contribution >= 0.6 is 0 Å². The maximum Gasteiger partial charge on any atom is 0.159 e. The van der Waals surface area contributed by atoms with E-state index in [1.807, 2.05) is 0 Å². The highest BCUT2D eigenvalue weighted by Crippen LogP contribution is 2.52. The normalized spacial score (nSPS) is 34.1. The molecule has 0 bridgehead atoms. The second-order valence-corrected chi connectivity index (χ2v) is 11.7. The fraction of sp³-hybridized carbons (Fsp3) is 0.806. The van der Waals surface area contributed by atoms with Gasteiger partial charge in [0.2, 0.25) is 0 Å². The number of ether oxygens (including phenoxy) is 4. The third-order valence-electron chi connectivity index (χ3n) is 8.34. The Morgan fingerprint density at radius 1 is 1.08 bits per heavy atom. The summed E-state index contributed by atoms with van der Waals surface area (Å²) in [6, 6.07) is 0. The molecule has 2 saturated heterocycles. The summed E-state index contributed by atoms with van der Waals surface area (Å²) in [5.74, 6) is 13.7. The lowest BCUT2D eigenvalue weighted by atomic mass is 9.82. The molecule has 0 aromatic carbocycles. The summed E-state index contributed by atoms with van der Waals surface area (Å²) < 4.78 is 39.1. The van der Waals surface area contributed by atoms with Gasteiger partial charge in [0.25, 0.3) is 0 Å². The van der Waals surface area contributed by atoms with Gasteiger partial charge in [0.1, 0.15) is 11.9 Å². The molecule has 2 aliphatic carbocycles. The molecule has 4 fully saturated rings. The predicted octanol–water partition coefficient (Wildman–Crippen LogP) is 5.91.